The van der Waals surface area contributed by atoms with Gasteiger partial charge in [-0.1, -0.05) is 12.8 Å². The Labute approximate surface area is 107 Å². The molecule has 0 N–H and O–H groups in total. The monoisotopic (exact) mass is 648 g/mol. The molecule has 0 nitrogen and oxygen atoms in total. The number of rotatable bonds is 1. The Hall–Kier alpha value is 2.06. The second kappa shape index (κ2) is 11.1. The second-order valence-corrected chi connectivity index (χ2v) is 2.22. The zero-order valence-electron chi connectivity index (χ0n) is 5.91. The van der Waals surface area contributed by atoms with Gasteiger partial charge in [0.05, 0.1) is 0 Å². The molecule has 10 heavy (non-hydrogen) atoms. The van der Waals surface area contributed by atoms with E-state index in [0.717, 1.165) is 12.3 Å². The molecule has 0 radical (unpaired) electrons. The van der Waals surface area contributed by atoms with Crippen LogP contribution in [0.5, 0.6) is 0 Å². The topological polar surface area (TPSA) is 0 Å². The first-order chi connectivity index (χ1) is 3.43. The van der Waals surface area contributed by atoms with Gasteiger partial charge in [0.2, 0.25) is 0 Å². The summed E-state index contributed by atoms with van der Waals surface area (Å²) in [5.74, 6) is 0.861. The first-order valence-electron chi connectivity index (χ1n) is 3.06. The average Bonchev–Trinajstić information content (AvgIpc) is 2.14. The molecular formula is C7H12W3. The summed E-state index contributed by atoms with van der Waals surface area (Å²) < 4.78 is 0. The maximum Gasteiger partial charge on any atom is 2.00 e. The molecule has 0 aromatic carbocycles. The van der Waals surface area contributed by atoms with E-state index in [1.807, 2.05) is 0 Å². The predicted octanol–water partition coefficient (Wildman–Crippen LogP) is 2.21. The van der Waals surface area contributed by atoms with Crippen molar-refractivity contribution >= 4 is 0 Å². The molecule has 0 bridgehead atoms. The molecule has 58 valence electrons. The van der Waals surface area contributed by atoms with Crippen LogP contribution in [0.4, 0.5) is 0 Å². The molecule has 0 amide bonds. The minimum Gasteiger partial charge on any atom is -0.345 e. The largest absolute Gasteiger partial charge is 2.00 e. The molecule has 0 aromatic heterocycles. The van der Waals surface area contributed by atoms with Crippen molar-refractivity contribution in [2.75, 3.05) is 0 Å². The minimum atomic E-state index is 0. The normalized spacial score (nSPS) is 21.9. The van der Waals surface area contributed by atoms with Crippen molar-refractivity contribution in [2.45, 2.75) is 25.7 Å². The number of hydrogen-bond donors (Lipinski definition) is 0. The molecule has 1 atom stereocenters. The van der Waals surface area contributed by atoms with Crippen LogP contribution in [0, 0.1) is 19.3 Å². The third-order valence-electron chi connectivity index (χ3n) is 1.65. The molecule has 0 saturated heterocycles. The molecule has 1 aliphatic rings. The van der Waals surface area contributed by atoms with Gasteiger partial charge in [0.15, 0.2) is 0 Å². The zero-order chi connectivity index (χ0) is 5.11. The van der Waals surface area contributed by atoms with E-state index in [2.05, 4.69) is 13.3 Å². The van der Waals surface area contributed by atoms with E-state index in [1.54, 1.807) is 0 Å². The zero-order valence-corrected chi connectivity index (χ0v) is 14.7. The van der Waals surface area contributed by atoms with Crippen molar-refractivity contribution in [1.82, 2.24) is 0 Å². The minimum absolute atomic E-state index is 0. The summed E-state index contributed by atoms with van der Waals surface area (Å²) >= 11 is 0. The Bertz CT molecular complexity index is 50.8. The standard InChI is InChI=1S/C7H12.3W/c1-2-7-5-3-4-6-7;;;/h5,7H,1-4,6H2;;;/q-2;;;+2. The van der Waals surface area contributed by atoms with Gasteiger partial charge in [-0.05, 0) is 0 Å². The predicted molar refractivity (Wildman–Crippen MR) is 31.6 cm³/mol. The van der Waals surface area contributed by atoms with Gasteiger partial charge in [-0.25, -0.2) is 6.42 Å². The molecule has 1 rings (SSSR count). The van der Waals surface area contributed by atoms with Crippen molar-refractivity contribution in [3.05, 3.63) is 13.3 Å². The van der Waals surface area contributed by atoms with Crippen LogP contribution in [0.3, 0.4) is 0 Å². The molecule has 0 spiro atoms. The third kappa shape index (κ3) is 6.76. The Morgan fingerprint density at radius 1 is 1.40 bits per heavy atom. The van der Waals surface area contributed by atoms with Crippen LogP contribution >= 0.6 is 0 Å². The Morgan fingerprint density at radius 3 is 2.20 bits per heavy atom. The summed E-state index contributed by atoms with van der Waals surface area (Å²) in [6.07, 6.45) is 7.64. The van der Waals surface area contributed by atoms with Gasteiger partial charge >= 0.3 is 21.1 Å². The molecule has 0 aromatic rings. The van der Waals surface area contributed by atoms with E-state index in [1.165, 1.54) is 19.3 Å². The molecular weight excluding hydrogens is 636 g/mol. The molecule has 1 fully saturated rings. The molecule has 1 aliphatic carbocycles. The summed E-state index contributed by atoms with van der Waals surface area (Å²) in [5, 5.41) is 0. The first-order valence-corrected chi connectivity index (χ1v) is 3.06. The summed E-state index contributed by atoms with van der Waals surface area (Å²) in [6, 6.07) is 0. The summed E-state index contributed by atoms with van der Waals surface area (Å²) in [5.41, 5.74) is 0. The quantitative estimate of drug-likeness (QED) is 0.384. The maximum atomic E-state index is 3.84. The van der Waals surface area contributed by atoms with Crippen LogP contribution in [0.2, 0.25) is 0 Å². The number of hydrogen-bond acceptors (Lipinski definition) is 0. The van der Waals surface area contributed by atoms with Crippen molar-refractivity contribution in [2.24, 2.45) is 5.92 Å². The molecule has 0 aliphatic heterocycles. The molecule has 3 heteroatoms. The Kier molecular flexibility index (Phi) is 19.9. The van der Waals surface area contributed by atoms with Gasteiger partial charge in [0.25, 0.3) is 0 Å². The van der Waals surface area contributed by atoms with Gasteiger partial charge in [0.1, 0.15) is 0 Å². The van der Waals surface area contributed by atoms with E-state index in [9.17, 15) is 0 Å². The second-order valence-electron chi connectivity index (χ2n) is 2.22. The summed E-state index contributed by atoms with van der Waals surface area (Å²) in [4.78, 5) is 0. The fourth-order valence-electron chi connectivity index (χ4n) is 1.11. The van der Waals surface area contributed by atoms with Gasteiger partial charge in [-0.2, -0.15) is 12.3 Å². The molecule has 1 saturated carbocycles. The van der Waals surface area contributed by atoms with Crippen LogP contribution in [-0.4, -0.2) is 0 Å². The van der Waals surface area contributed by atoms with E-state index >= 15 is 0 Å². The van der Waals surface area contributed by atoms with Gasteiger partial charge in [-0.3, -0.25) is 0 Å². The van der Waals surface area contributed by atoms with E-state index < -0.39 is 0 Å². The van der Waals surface area contributed by atoms with Crippen LogP contribution < -0.4 is 0 Å². The van der Waals surface area contributed by atoms with Crippen LogP contribution in [0.25, 0.3) is 0 Å². The Balaban J connectivity index is -0.000000163. The SMILES string of the molecule is [CH2-]CC1[CH-]CCC1.[W+2].[W].[W]. The van der Waals surface area contributed by atoms with E-state index in [4.69, 9.17) is 0 Å². The third-order valence-corrected chi connectivity index (χ3v) is 1.65. The molecule has 0 heterocycles. The fourth-order valence-corrected chi connectivity index (χ4v) is 1.11. The van der Waals surface area contributed by atoms with Crippen molar-refractivity contribution in [3.63, 3.8) is 0 Å². The van der Waals surface area contributed by atoms with E-state index in [-0.39, 0.29) is 63.2 Å². The summed E-state index contributed by atoms with van der Waals surface area (Å²) in [6.45, 7) is 3.84. The van der Waals surface area contributed by atoms with Crippen molar-refractivity contribution in [1.29, 1.82) is 0 Å². The average molecular weight is 648 g/mol. The van der Waals surface area contributed by atoms with Gasteiger partial charge < -0.3 is 13.3 Å². The Morgan fingerprint density at radius 2 is 2.00 bits per heavy atom. The van der Waals surface area contributed by atoms with Crippen LogP contribution in [-0.2, 0) is 63.2 Å². The van der Waals surface area contributed by atoms with E-state index in [0.29, 0.717) is 0 Å². The maximum absolute atomic E-state index is 3.84. The van der Waals surface area contributed by atoms with Gasteiger partial charge in [-0.15, -0.1) is 0 Å². The first kappa shape index (κ1) is 18.0. The van der Waals surface area contributed by atoms with Crippen LogP contribution in [0.15, 0.2) is 0 Å². The van der Waals surface area contributed by atoms with Crippen molar-refractivity contribution < 1.29 is 63.2 Å². The smallest absolute Gasteiger partial charge is 0.345 e. The van der Waals surface area contributed by atoms with Gasteiger partial charge in [0, 0.05) is 42.1 Å². The van der Waals surface area contributed by atoms with Crippen molar-refractivity contribution in [3.8, 4) is 0 Å². The molecule has 1 unspecified atom stereocenters. The van der Waals surface area contributed by atoms with Crippen LogP contribution in [0.1, 0.15) is 25.7 Å². The fraction of sp³-hybridized carbons (Fsp3) is 0.714. The summed E-state index contributed by atoms with van der Waals surface area (Å²) in [7, 11) is 0.